The highest BCUT2D eigenvalue weighted by Gasteiger charge is 2.40. The van der Waals surface area contributed by atoms with E-state index in [1.807, 2.05) is 28.9 Å². The van der Waals surface area contributed by atoms with Gasteiger partial charge in [0.05, 0.1) is 17.3 Å². The fourth-order valence-corrected chi connectivity index (χ4v) is 4.05. The minimum atomic E-state index is -0.106. The molecule has 1 atom stereocenters. The van der Waals surface area contributed by atoms with Crippen LogP contribution in [0.15, 0.2) is 30.6 Å². The Balaban J connectivity index is 1.32. The summed E-state index contributed by atoms with van der Waals surface area (Å²) in [4.78, 5) is 12.3. The van der Waals surface area contributed by atoms with Crippen LogP contribution in [0.25, 0.3) is 5.52 Å². The van der Waals surface area contributed by atoms with E-state index in [1.54, 1.807) is 6.20 Å². The molecule has 2 N–H and O–H groups in total. The van der Waals surface area contributed by atoms with Gasteiger partial charge in [0.1, 0.15) is 0 Å². The Kier molecular flexibility index (Phi) is 4.14. The highest BCUT2D eigenvalue weighted by Crippen LogP contribution is 2.39. The van der Waals surface area contributed by atoms with Gasteiger partial charge in [-0.2, -0.15) is 5.10 Å². The second-order valence-corrected chi connectivity index (χ2v) is 6.96. The minimum Gasteiger partial charge on any atom is -0.375 e. The average molecular weight is 328 g/mol. The van der Waals surface area contributed by atoms with E-state index in [9.17, 15) is 4.79 Å². The van der Waals surface area contributed by atoms with Gasteiger partial charge in [0.2, 0.25) is 0 Å². The quantitative estimate of drug-likeness (QED) is 0.910. The first-order valence-electron chi connectivity index (χ1n) is 8.84. The van der Waals surface area contributed by atoms with Crippen LogP contribution in [0.2, 0.25) is 0 Å². The Labute approximate surface area is 141 Å². The van der Waals surface area contributed by atoms with Gasteiger partial charge in [0, 0.05) is 31.0 Å². The van der Waals surface area contributed by atoms with E-state index in [0.717, 1.165) is 43.4 Å². The monoisotopic (exact) mass is 328 g/mol. The highest BCUT2D eigenvalue weighted by molar-refractivity contribution is 5.74. The third-order valence-electron chi connectivity index (χ3n) is 5.29. The van der Waals surface area contributed by atoms with Crippen molar-refractivity contribution in [2.24, 2.45) is 0 Å². The van der Waals surface area contributed by atoms with Crippen LogP contribution in [0, 0.1) is 0 Å². The molecule has 2 aliphatic rings. The fraction of sp³-hybridized carbons (Fsp3) is 0.556. The average Bonchev–Trinajstić information content (AvgIpc) is 3.20. The number of urea groups is 1. The van der Waals surface area contributed by atoms with Gasteiger partial charge in [-0.15, -0.1) is 0 Å². The second-order valence-electron chi connectivity index (χ2n) is 6.96. The number of nitrogens with one attached hydrogen (secondary N) is 2. The Bertz CT molecular complexity index is 721. The molecular formula is C18H24N4O2. The smallest absolute Gasteiger partial charge is 0.315 e. The molecule has 128 valence electrons. The number of amides is 2. The van der Waals surface area contributed by atoms with Gasteiger partial charge in [-0.05, 0) is 37.8 Å². The number of aromatic nitrogens is 2. The van der Waals surface area contributed by atoms with Gasteiger partial charge < -0.3 is 15.4 Å². The summed E-state index contributed by atoms with van der Waals surface area (Å²) < 4.78 is 7.84. The fourth-order valence-electron chi connectivity index (χ4n) is 4.05. The number of ether oxygens (including phenoxy) is 1. The van der Waals surface area contributed by atoms with E-state index in [2.05, 4.69) is 15.7 Å². The number of fused-ring (bicyclic) bond motifs is 1. The molecule has 4 rings (SSSR count). The molecule has 6 nitrogen and oxygen atoms in total. The van der Waals surface area contributed by atoms with E-state index >= 15 is 0 Å². The Morgan fingerprint density at radius 3 is 3.12 bits per heavy atom. The summed E-state index contributed by atoms with van der Waals surface area (Å²) in [5.41, 5.74) is 2.07. The lowest BCUT2D eigenvalue weighted by molar-refractivity contribution is -0.0820. The largest absolute Gasteiger partial charge is 0.375 e. The molecule has 1 spiro atoms. The van der Waals surface area contributed by atoms with Crippen molar-refractivity contribution in [3.63, 3.8) is 0 Å². The molecule has 1 unspecified atom stereocenters. The lowest BCUT2D eigenvalue weighted by atomic mass is 9.89. The first-order chi connectivity index (χ1) is 11.7. The van der Waals surface area contributed by atoms with Crippen LogP contribution in [0.5, 0.6) is 0 Å². The van der Waals surface area contributed by atoms with Gasteiger partial charge >= 0.3 is 6.03 Å². The summed E-state index contributed by atoms with van der Waals surface area (Å²) >= 11 is 0. The normalized spacial score (nSPS) is 22.8. The molecule has 1 saturated carbocycles. The zero-order valence-corrected chi connectivity index (χ0v) is 13.8. The van der Waals surface area contributed by atoms with Crippen molar-refractivity contribution >= 4 is 11.5 Å². The first kappa shape index (κ1) is 15.4. The van der Waals surface area contributed by atoms with Crippen LogP contribution < -0.4 is 10.6 Å². The maximum atomic E-state index is 12.3. The van der Waals surface area contributed by atoms with E-state index in [1.165, 1.54) is 12.8 Å². The molecular weight excluding hydrogens is 304 g/mol. The molecule has 2 amide bonds. The molecule has 3 heterocycles. The van der Waals surface area contributed by atoms with Gasteiger partial charge in [-0.1, -0.05) is 18.9 Å². The third-order valence-corrected chi connectivity index (χ3v) is 5.29. The Hall–Kier alpha value is -2.08. The number of carbonyl (C=O) groups is 1. The maximum absolute atomic E-state index is 12.3. The van der Waals surface area contributed by atoms with Gasteiger partial charge in [0.25, 0.3) is 0 Å². The van der Waals surface area contributed by atoms with Crippen molar-refractivity contribution < 1.29 is 9.53 Å². The van der Waals surface area contributed by atoms with Crippen LogP contribution in [0.4, 0.5) is 4.79 Å². The maximum Gasteiger partial charge on any atom is 0.315 e. The molecule has 0 aromatic carbocycles. The van der Waals surface area contributed by atoms with E-state index < -0.39 is 0 Å². The van der Waals surface area contributed by atoms with E-state index in [0.29, 0.717) is 6.54 Å². The summed E-state index contributed by atoms with van der Waals surface area (Å²) in [5.74, 6) is 0. The molecule has 0 radical (unpaired) electrons. The summed E-state index contributed by atoms with van der Waals surface area (Å²) in [5, 5.41) is 10.4. The third kappa shape index (κ3) is 3.11. The molecule has 2 aromatic heterocycles. The second kappa shape index (κ2) is 6.43. The number of nitrogens with zero attached hydrogens (tertiary/aromatic N) is 2. The lowest BCUT2D eigenvalue weighted by Gasteiger charge is -2.38. The van der Waals surface area contributed by atoms with Crippen molar-refractivity contribution in [1.29, 1.82) is 0 Å². The SMILES string of the molecule is O=C(NCc1cnn2ccccc12)NC1CCOC2(CCCC2)C1. The molecule has 1 aliphatic carbocycles. The number of hydrogen-bond acceptors (Lipinski definition) is 3. The topological polar surface area (TPSA) is 67.7 Å². The van der Waals surface area contributed by atoms with Gasteiger partial charge in [-0.25, -0.2) is 9.31 Å². The lowest BCUT2D eigenvalue weighted by Crippen LogP contribution is -2.49. The summed E-state index contributed by atoms with van der Waals surface area (Å²) in [6, 6.07) is 6.02. The van der Waals surface area contributed by atoms with Crippen LogP contribution in [-0.2, 0) is 11.3 Å². The van der Waals surface area contributed by atoms with Crippen LogP contribution >= 0.6 is 0 Å². The molecule has 0 bridgehead atoms. The predicted octanol–water partition coefficient (Wildman–Crippen LogP) is 2.63. The highest BCUT2D eigenvalue weighted by atomic mass is 16.5. The van der Waals surface area contributed by atoms with Crippen molar-refractivity contribution in [1.82, 2.24) is 20.2 Å². The van der Waals surface area contributed by atoms with E-state index in [-0.39, 0.29) is 17.7 Å². The van der Waals surface area contributed by atoms with Crippen molar-refractivity contribution in [3.8, 4) is 0 Å². The van der Waals surface area contributed by atoms with Crippen LogP contribution in [0.3, 0.4) is 0 Å². The number of rotatable bonds is 3. The van der Waals surface area contributed by atoms with E-state index in [4.69, 9.17) is 4.74 Å². The first-order valence-corrected chi connectivity index (χ1v) is 8.84. The summed E-state index contributed by atoms with van der Waals surface area (Å²) in [6.45, 7) is 1.23. The summed E-state index contributed by atoms with van der Waals surface area (Å²) in [7, 11) is 0. The molecule has 24 heavy (non-hydrogen) atoms. The predicted molar refractivity (Wildman–Crippen MR) is 90.7 cm³/mol. The van der Waals surface area contributed by atoms with Crippen molar-refractivity contribution in [2.75, 3.05) is 6.61 Å². The standard InChI is InChI=1S/C18H24N4O2/c23-17(19-12-14-13-20-22-9-4-1-5-16(14)22)21-15-6-10-24-18(11-15)7-2-3-8-18/h1,4-5,9,13,15H,2-3,6-8,10-12H2,(H2,19,21,23). The number of pyridine rings is 1. The molecule has 6 heteroatoms. The van der Waals surface area contributed by atoms with Crippen molar-refractivity contribution in [3.05, 3.63) is 36.2 Å². The van der Waals surface area contributed by atoms with Gasteiger partial charge in [0.15, 0.2) is 0 Å². The molecule has 1 aliphatic heterocycles. The zero-order valence-electron chi connectivity index (χ0n) is 13.8. The van der Waals surface area contributed by atoms with Gasteiger partial charge in [-0.3, -0.25) is 0 Å². The number of hydrogen-bond donors (Lipinski definition) is 2. The molecule has 2 fully saturated rings. The zero-order chi connectivity index (χ0) is 16.4. The number of carbonyl (C=O) groups excluding carboxylic acids is 1. The van der Waals surface area contributed by atoms with Crippen LogP contribution in [-0.4, -0.2) is 33.9 Å². The van der Waals surface area contributed by atoms with Crippen LogP contribution in [0.1, 0.15) is 44.1 Å². The minimum absolute atomic E-state index is 0.0264. The Morgan fingerprint density at radius 2 is 2.25 bits per heavy atom. The summed E-state index contributed by atoms with van der Waals surface area (Å²) in [6.07, 6.45) is 10.3. The molecule has 2 aromatic rings. The molecule has 1 saturated heterocycles. The van der Waals surface area contributed by atoms with Crippen molar-refractivity contribution in [2.45, 2.75) is 56.7 Å². The Morgan fingerprint density at radius 1 is 1.38 bits per heavy atom.